The van der Waals surface area contributed by atoms with E-state index in [4.69, 9.17) is 11.6 Å². The van der Waals surface area contributed by atoms with Gasteiger partial charge in [-0.3, -0.25) is 19.3 Å². The number of benzene rings is 2. The van der Waals surface area contributed by atoms with Gasteiger partial charge in [0, 0.05) is 38.5 Å². The van der Waals surface area contributed by atoms with E-state index in [2.05, 4.69) is 6.92 Å². The van der Waals surface area contributed by atoms with Crippen molar-refractivity contribution in [1.82, 2.24) is 9.80 Å². The number of rotatable bonds is 6. The van der Waals surface area contributed by atoms with Crippen LogP contribution in [0.3, 0.4) is 0 Å². The highest BCUT2D eigenvalue weighted by molar-refractivity contribution is 6.32. The largest absolute Gasteiger partial charge is 0.341 e. The van der Waals surface area contributed by atoms with Crippen molar-refractivity contribution in [1.29, 1.82) is 0 Å². The summed E-state index contributed by atoms with van der Waals surface area (Å²) in [5, 5.41) is 0.384. The Bertz CT molecular complexity index is 941. The van der Waals surface area contributed by atoms with Crippen molar-refractivity contribution in [2.24, 2.45) is 0 Å². The topological polar surface area (TPSA) is 57.7 Å². The average molecular weight is 413 g/mol. The number of amides is 3. The molecule has 6 heteroatoms. The van der Waals surface area contributed by atoms with Crippen molar-refractivity contribution < 1.29 is 14.4 Å². The first-order valence-corrected chi connectivity index (χ1v) is 10.0. The average Bonchev–Trinajstić information content (AvgIpc) is 2.93. The Morgan fingerprint density at radius 2 is 1.72 bits per heavy atom. The number of hydrogen-bond donors (Lipinski definition) is 0. The van der Waals surface area contributed by atoms with Crippen molar-refractivity contribution in [3.63, 3.8) is 0 Å². The van der Waals surface area contributed by atoms with E-state index in [0.717, 1.165) is 16.9 Å². The molecule has 0 radical (unpaired) electrons. The van der Waals surface area contributed by atoms with Gasteiger partial charge >= 0.3 is 0 Å². The molecule has 1 heterocycles. The minimum atomic E-state index is -1.26. The minimum Gasteiger partial charge on any atom is -0.341 e. The molecule has 0 aromatic heterocycles. The maximum atomic E-state index is 13.1. The van der Waals surface area contributed by atoms with E-state index in [9.17, 15) is 14.4 Å². The van der Waals surface area contributed by atoms with Crippen LogP contribution in [0.15, 0.2) is 48.5 Å². The van der Waals surface area contributed by atoms with Crippen LogP contribution in [0.1, 0.15) is 36.5 Å². The molecule has 29 heavy (non-hydrogen) atoms. The fraction of sp³-hybridized carbons (Fsp3) is 0.348. The molecule has 2 aromatic carbocycles. The normalized spacial score (nSPS) is 19.0. The summed E-state index contributed by atoms with van der Waals surface area (Å²) in [6, 6.07) is 15.0. The highest BCUT2D eigenvalue weighted by atomic mass is 35.5. The Morgan fingerprint density at radius 3 is 2.28 bits per heavy atom. The summed E-state index contributed by atoms with van der Waals surface area (Å²) in [5.41, 5.74) is 1.51. The quantitative estimate of drug-likeness (QED) is 0.681. The minimum absolute atomic E-state index is 0.0587. The molecule has 0 bridgehead atoms. The van der Waals surface area contributed by atoms with E-state index >= 15 is 0 Å². The zero-order chi connectivity index (χ0) is 21.2. The summed E-state index contributed by atoms with van der Waals surface area (Å²) in [6.07, 6.45) is 0.797. The predicted octanol–water partition coefficient (Wildman–Crippen LogP) is 3.58. The van der Waals surface area contributed by atoms with Gasteiger partial charge in [-0.2, -0.15) is 0 Å². The Balaban J connectivity index is 1.86. The smallest absolute Gasteiger partial charge is 0.240 e. The summed E-state index contributed by atoms with van der Waals surface area (Å²) < 4.78 is 0. The van der Waals surface area contributed by atoms with Gasteiger partial charge in [-0.1, -0.05) is 61.0 Å². The second kappa shape index (κ2) is 8.37. The van der Waals surface area contributed by atoms with Gasteiger partial charge in [0.25, 0.3) is 0 Å². The molecule has 1 saturated heterocycles. The van der Waals surface area contributed by atoms with Crippen molar-refractivity contribution >= 4 is 29.3 Å². The highest BCUT2D eigenvalue weighted by Gasteiger charge is 2.53. The van der Waals surface area contributed by atoms with Crippen LogP contribution in [0.25, 0.3) is 0 Å². The SMILES string of the molecule is CCc1ccc(CN(C)C(=O)C[C@]2(c3ccccc3Cl)CC(=O)N(C)C2=O)cc1. The summed E-state index contributed by atoms with van der Waals surface area (Å²) in [7, 11) is 3.16. The van der Waals surface area contributed by atoms with Crippen LogP contribution in [0.4, 0.5) is 0 Å². The lowest BCUT2D eigenvalue weighted by atomic mass is 9.75. The molecular formula is C23H25ClN2O3. The van der Waals surface area contributed by atoms with Crippen LogP contribution in [-0.4, -0.2) is 41.6 Å². The van der Waals surface area contributed by atoms with E-state index in [1.165, 1.54) is 12.6 Å². The van der Waals surface area contributed by atoms with Crippen molar-refractivity contribution in [3.05, 3.63) is 70.2 Å². The molecule has 1 atom stereocenters. The lowest BCUT2D eigenvalue weighted by Crippen LogP contribution is -2.41. The Morgan fingerprint density at radius 1 is 1.10 bits per heavy atom. The third kappa shape index (κ3) is 4.06. The van der Waals surface area contributed by atoms with E-state index in [1.807, 2.05) is 24.3 Å². The van der Waals surface area contributed by atoms with Crippen molar-refractivity contribution in [2.45, 2.75) is 38.1 Å². The second-order valence-electron chi connectivity index (χ2n) is 7.59. The summed E-state index contributed by atoms with van der Waals surface area (Å²) in [4.78, 5) is 41.1. The Kier molecular flexibility index (Phi) is 6.08. The zero-order valence-electron chi connectivity index (χ0n) is 16.9. The van der Waals surface area contributed by atoms with Gasteiger partial charge in [0.05, 0.1) is 5.41 Å². The number of likely N-dealkylation sites (tertiary alicyclic amines) is 1. The maximum absolute atomic E-state index is 13.1. The monoisotopic (exact) mass is 412 g/mol. The van der Waals surface area contributed by atoms with Gasteiger partial charge in [0.15, 0.2) is 0 Å². The number of imide groups is 1. The first-order valence-electron chi connectivity index (χ1n) is 9.66. The van der Waals surface area contributed by atoms with Gasteiger partial charge in [-0.15, -0.1) is 0 Å². The van der Waals surface area contributed by atoms with Gasteiger partial charge in [-0.05, 0) is 29.2 Å². The van der Waals surface area contributed by atoms with Crippen LogP contribution < -0.4 is 0 Å². The summed E-state index contributed by atoms with van der Waals surface area (Å²) in [6.45, 7) is 2.52. The van der Waals surface area contributed by atoms with Crippen LogP contribution in [0.5, 0.6) is 0 Å². The number of carbonyl (C=O) groups excluding carboxylic acids is 3. The number of aryl methyl sites for hydroxylation is 1. The molecule has 152 valence electrons. The molecule has 0 aliphatic carbocycles. The Labute approximate surface area is 176 Å². The summed E-state index contributed by atoms with van der Waals surface area (Å²) in [5.74, 6) is -0.897. The predicted molar refractivity (Wildman–Crippen MR) is 112 cm³/mol. The molecule has 2 aromatic rings. The van der Waals surface area contributed by atoms with E-state index in [0.29, 0.717) is 17.1 Å². The van der Waals surface area contributed by atoms with Crippen LogP contribution in [-0.2, 0) is 32.8 Å². The first kappa shape index (κ1) is 21.1. The van der Waals surface area contributed by atoms with Gasteiger partial charge < -0.3 is 4.90 Å². The zero-order valence-corrected chi connectivity index (χ0v) is 17.7. The van der Waals surface area contributed by atoms with Crippen LogP contribution in [0, 0.1) is 0 Å². The van der Waals surface area contributed by atoms with Crippen molar-refractivity contribution in [2.75, 3.05) is 14.1 Å². The fourth-order valence-corrected chi connectivity index (χ4v) is 4.13. The fourth-order valence-electron chi connectivity index (χ4n) is 3.82. The number of nitrogens with zero attached hydrogens (tertiary/aromatic N) is 2. The van der Waals surface area contributed by atoms with Crippen LogP contribution in [0.2, 0.25) is 5.02 Å². The molecule has 0 N–H and O–H groups in total. The molecule has 1 aliphatic heterocycles. The Hall–Kier alpha value is -2.66. The van der Waals surface area contributed by atoms with E-state index in [1.54, 1.807) is 36.2 Å². The lowest BCUT2D eigenvalue weighted by Gasteiger charge is -2.29. The molecule has 0 unspecified atom stereocenters. The van der Waals surface area contributed by atoms with Crippen LogP contribution >= 0.6 is 11.6 Å². The molecule has 1 aliphatic rings. The number of halogens is 1. The molecule has 0 spiro atoms. The van der Waals surface area contributed by atoms with Gasteiger partial charge in [0.1, 0.15) is 0 Å². The lowest BCUT2D eigenvalue weighted by molar-refractivity contribution is -0.141. The molecule has 1 fully saturated rings. The molecular weight excluding hydrogens is 388 g/mol. The molecule has 3 amide bonds. The second-order valence-corrected chi connectivity index (χ2v) is 8.00. The number of likely N-dealkylation sites (N-methyl/N-ethyl adjacent to an activating group) is 1. The van der Waals surface area contributed by atoms with E-state index < -0.39 is 5.41 Å². The van der Waals surface area contributed by atoms with Gasteiger partial charge in [-0.25, -0.2) is 0 Å². The standard InChI is InChI=1S/C23H25ClN2O3/c1-4-16-9-11-17(12-10-16)15-25(2)20(27)13-23(14-21(28)26(3)22(23)29)18-7-5-6-8-19(18)24/h5-12H,4,13-15H2,1-3H3/t23-/m1/s1. The van der Waals surface area contributed by atoms with E-state index in [-0.39, 0.29) is 30.6 Å². The number of carbonyl (C=O) groups is 3. The molecule has 0 saturated carbocycles. The van der Waals surface area contributed by atoms with Gasteiger partial charge in [0.2, 0.25) is 17.7 Å². The first-order chi connectivity index (χ1) is 13.8. The third-order valence-corrected chi connectivity index (χ3v) is 5.99. The molecule has 5 nitrogen and oxygen atoms in total. The van der Waals surface area contributed by atoms with Crippen molar-refractivity contribution in [3.8, 4) is 0 Å². The molecule has 3 rings (SSSR count). The maximum Gasteiger partial charge on any atom is 0.240 e. The third-order valence-electron chi connectivity index (χ3n) is 5.66. The summed E-state index contributed by atoms with van der Waals surface area (Å²) >= 11 is 6.37. The number of hydrogen-bond acceptors (Lipinski definition) is 3. The highest BCUT2D eigenvalue weighted by Crippen LogP contribution is 2.42.